The van der Waals surface area contributed by atoms with Crippen LogP contribution in [0.15, 0.2) is 18.7 Å². The van der Waals surface area contributed by atoms with E-state index in [-0.39, 0.29) is 11.9 Å². The van der Waals surface area contributed by atoms with Crippen molar-refractivity contribution < 1.29 is 4.79 Å². The summed E-state index contributed by atoms with van der Waals surface area (Å²) in [4.78, 5) is 17.4. The zero-order valence-corrected chi connectivity index (χ0v) is 9.38. The summed E-state index contributed by atoms with van der Waals surface area (Å²) < 4.78 is 2.05. The van der Waals surface area contributed by atoms with Crippen molar-refractivity contribution in [3.63, 3.8) is 0 Å². The van der Waals surface area contributed by atoms with E-state index < -0.39 is 0 Å². The zero-order chi connectivity index (χ0) is 11.4. The zero-order valence-electron chi connectivity index (χ0n) is 9.38. The van der Waals surface area contributed by atoms with Gasteiger partial charge in [0, 0.05) is 32.0 Å². The number of aryl methyl sites for hydroxylation is 1. The first kappa shape index (κ1) is 11.1. The molecule has 0 spiro atoms. The van der Waals surface area contributed by atoms with Crippen LogP contribution in [0.25, 0.3) is 0 Å². The highest BCUT2D eigenvalue weighted by atomic mass is 16.2. The number of nitrogens with two attached hydrogens (primary N) is 1. The molecule has 0 radical (unpaired) electrons. The van der Waals surface area contributed by atoms with Crippen molar-refractivity contribution in [2.45, 2.75) is 31.8 Å². The molecule has 0 bridgehead atoms. The van der Waals surface area contributed by atoms with Crippen molar-refractivity contribution >= 4 is 5.91 Å². The normalized spacial score (nSPS) is 20.7. The number of hydrogen-bond donors (Lipinski definition) is 1. The predicted octanol–water partition coefficient (Wildman–Crippen LogP) is 0.223. The van der Waals surface area contributed by atoms with Gasteiger partial charge in [0.15, 0.2) is 0 Å². The Morgan fingerprint density at radius 1 is 1.44 bits per heavy atom. The molecule has 0 aliphatic carbocycles. The Labute approximate surface area is 95.2 Å². The summed E-state index contributed by atoms with van der Waals surface area (Å²) >= 11 is 0. The minimum Gasteiger partial charge on any atom is -0.341 e. The molecule has 1 unspecified atom stereocenters. The van der Waals surface area contributed by atoms with Crippen molar-refractivity contribution in [2.24, 2.45) is 5.73 Å². The van der Waals surface area contributed by atoms with Crippen LogP contribution in [0.1, 0.15) is 19.3 Å². The van der Waals surface area contributed by atoms with Gasteiger partial charge in [0.1, 0.15) is 0 Å². The third-order valence-corrected chi connectivity index (χ3v) is 2.99. The molecule has 1 aliphatic heterocycles. The molecule has 5 nitrogen and oxygen atoms in total. The number of amides is 1. The highest BCUT2D eigenvalue weighted by Crippen LogP contribution is 2.10. The molecule has 0 saturated carbocycles. The van der Waals surface area contributed by atoms with E-state index in [0.29, 0.717) is 0 Å². The lowest BCUT2D eigenvalue weighted by Crippen LogP contribution is -2.34. The quantitative estimate of drug-likeness (QED) is 0.725. The lowest BCUT2D eigenvalue weighted by molar-refractivity contribution is -0.128. The average molecular weight is 222 g/mol. The second-order valence-electron chi connectivity index (χ2n) is 4.23. The highest BCUT2D eigenvalue weighted by molar-refractivity contribution is 5.83. The molecule has 1 amide bonds. The monoisotopic (exact) mass is 222 g/mol. The van der Waals surface area contributed by atoms with E-state index in [1.165, 1.54) is 0 Å². The van der Waals surface area contributed by atoms with Gasteiger partial charge < -0.3 is 15.2 Å². The molecule has 5 heteroatoms. The summed E-state index contributed by atoms with van der Waals surface area (Å²) in [5, 5.41) is 0. The van der Waals surface area contributed by atoms with Gasteiger partial charge >= 0.3 is 0 Å². The smallest absolute Gasteiger partial charge is 0.239 e. The van der Waals surface area contributed by atoms with Crippen LogP contribution in [0.3, 0.4) is 0 Å². The van der Waals surface area contributed by atoms with Gasteiger partial charge in [-0.1, -0.05) is 0 Å². The summed E-state index contributed by atoms with van der Waals surface area (Å²) in [6.07, 6.45) is 8.45. The maximum Gasteiger partial charge on any atom is 0.239 e. The van der Waals surface area contributed by atoms with E-state index in [4.69, 9.17) is 5.73 Å². The molecule has 1 atom stereocenters. The topological polar surface area (TPSA) is 64.2 Å². The molecule has 1 aromatic rings. The number of carbonyl (C=O) groups is 1. The number of imidazole rings is 1. The fraction of sp³-hybridized carbons (Fsp3) is 0.636. The maximum atomic E-state index is 11.5. The van der Waals surface area contributed by atoms with Gasteiger partial charge in [-0.3, -0.25) is 4.79 Å². The second-order valence-corrected chi connectivity index (χ2v) is 4.23. The predicted molar refractivity (Wildman–Crippen MR) is 60.6 cm³/mol. The van der Waals surface area contributed by atoms with E-state index in [2.05, 4.69) is 9.55 Å². The van der Waals surface area contributed by atoms with Crippen molar-refractivity contribution in [3.05, 3.63) is 18.7 Å². The first-order valence-electron chi connectivity index (χ1n) is 5.77. The van der Waals surface area contributed by atoms with Crippen LogP contribution in [0.2, 0.25) is 0 Å². The maximum absolute atomic E-state index is 11.5. The van der Waals surface area contributed by atoms with E-state index in [0.717, 1.165) is 38.9 Å². The highest BCUT2D eigenvalue weighted by Gasteiger charge is 2.27. The van der Waals surface area contributed by atoms with Crippen molar-refractivity contribution in [2.75, 3.05) is 13.1 Å². The molecular weight excluding hydrogens is 204 g/mol. The van der Waals surface area contributed by atoms with Gasteiger partial charge in [-0.15, -0.1) is 0 Å². The summed E-state index contributed by atoms with van der Waals surface area (Å²) in [5.74, 6) is 0.114. The number of carbonyl (C=O) groups excluding carboxylic acids is 1. The Morgan fingerprint density at radius 2 is 2.25 bits per heavy atom. The molecular formula is C11H18N4O. The molecule has 1 aliphatic rings. The van der Waals surface area contributed by atoms with E-state index in [9.17, 15) is 4.79 Å². The summed E-state index contributed by atoms with van der Waals surface area (Å²) in [6.45, 7) is 2.63. The number of rotatable bonds is 5. The summed E-state index contributed by atoms with van der Waals surface area (Å²) in [5.41, 5.74) is 5.65. The van der Waals surface area contributed by atoms with Crippen molar-refractivity contribution in [1.82, 2.24) is 14.5 Å². The van der Waals surface area contributed by atoms with Gasteiger partial charge in [-0.05, 0) is 19.3 Å². The Hall–Kier alpha value is -1.36. The van der Waals surface area contributed by atoms with Crippen LogP contribution in [-0.2, 0) is 11.3 Å². The number of hydrogen-bond acceptors (Lipinski definition) is 3. The Bertz CT molecular complexity index is 336. The second kappa shape index (κ2) is 5.12. The van der Waals surface area contributed by atoms with Crippen molar-refractivity contribution in [1.29, 1.82) is 0 Å². The lowest BCUT2D eigenvalue weighted by atomic mass is 10.3. The minimum absolute atomic E-state index is 0.114. The fourth-order valence-corrected chi connectivity index (χ4v) is 2.00. The van der Waals surface area contributed by atoms with Gasteiger partial charge in [-0.25, -0.2) is 4.98 Å². The molecule has 88 valence electrons. The molecule has 1 fully saturated rings. The Balaban J connectivity index is 1.63. The van der Waals surface area contributed by atoms with E-state index >= 15 is 0 Å². The first-order chi connectivity index (χ1) is 7.77. The van der Waals surface area contributed by atoms with E-state index in [1.54, 1.807) is 6.20 Å². The van der Waals surface area contributed by atoms with Gasteiger partial charge in [0.05, 0.1) is 12.4 Å². The number of unbranched alkanes of at least 4 members (excludes halogenated alkanes) is 1. The summed E-state index contributed by atoms with van der Waals surface area (Å²) in [6, 6.07) is -0.256. The van der Waals surface area contributed by atoms with Crippen LogP contribution in [0.5, 0.6) is 0 Å². The third kappa shape index (κ3) is 2.61. The average Bonchev–Trinajstić information content (AvgIpc) is 2.88. The van der Waals surface area contributed by atoms with Gasteiger partial charge in [-0.2, -0.15) is 0 Å². The molecule has 2 N–H and O–H groups in total. The van der Waals surface area contributed by atoms with Crippen LogP contribution < -0.4 is 5.73 Å². The minimum atomic E-state index is -0.256. The lowest BCUT2D eigenvalue weighted by Gasteiger charge is -2.15. The molecule has 2 rings (SSSR count). The molecule has 1 aromatic heterocycles. The first-order valence-corrected chi connectivity index (χ1v) is 5.77. The van der Waals surface area contributed by atoms with Gasteiger partial charge in [0.25, 0.3) is 0 Å². The van der Waals surface area contributed by atoms with Crippen LogP contribution in [-0.4, -0.2) is 39.5 Å². The van der Waals surface area contributed by atoms with Crippen molar-refractivity contribution in [3.8, 4) is 0 Å². The summed E-state index contributed by atoms with van der Waals surface area (Å²) in [7, 11) is 0. The van der Waals surface area contributed by atoms with E-state index in [1.807, 2.05) is 17.4 Å². The number of aromatic nitrogens is 2. The molecule has 1 saturated heterocycles. The molecule has 16 heavy (non-hydrogen) atoms. The molecule has 2 heterocycles. The third-order valence-electron chi connectivity index (χ3n) is 2.99. The van der Waals surface area contributed by atoms with Gasteiger partial charge in [0.2, 0.25) is 5.91 Å². The standard InChI is InChI=1S/C11H18N4O/c12-10-3-7-15(11(10)16)6-2-1-5-14-8-4-13-9-14/h4,8-10H,1-3,5-7,12H2. The SMILES string of the molecule is NC1CCN(CCCCn2ccnc2)C1=O. The fourth-order valence-electron chi connectivity index (χ4n) is 2.00. The Kier molecular flexibility index (Phi) is 3.56. The number of nitrogens with zero attached hydrogens (tertiary/aromatic N) is 3. The Morgan fingerprint density at radius 3 is 2.88 bits per heavy atom. The van der Waals surface area contributed by atoms with Crippen LogP contribution in [0.4, 0.5) is 0 Å². The largest absolute Gasteiger partial charge is 0.341 e. The van der Waals surface area contributed by atoms with Crippen LogP contribution in [0, 0.1) is 0 Å². The molecule has 0 aromatic carbocycles. The van der Waals surface area contributed by atoms with Crippen LogP contribution >= 0.6 is 0 Å². The number of likely N-dealkylation sites (tertiary alicyclic amines) is 1.